The molecule has 2 aromatic rings. The van der Waals surface area contributed by atoms with Crippen LogP contribution in [0.2, 0.25) is 5.02 Å². The average molecular weight is 332 g/mol. The number of halogens is 1. The summed E-state index contributed by atoms with van der Waals surface area (Å²) in [6.45, 7) is 3.63. The van der Waals surface area contributed by atoms with E-state index in [1.54, 1.807) is 35.2 Å². The van der Waals surface area contributed by atoms with Gasteiger partial charge in [-0.2, -0.15) is 4.98 Å². The van der Waals surface area contributed by atoms with E-state index in [-0.39, 0.29) is 11.6 Å². The lowest BCUT2D eigenvalue weighted by atomic mass is 9.99. The Kier molecular flexibility index (Phi) is 4.48. The van der Waals surface area contributed by atoms with Gasteiger partial charge in [-0.3, -0.25) is 4.79 Å². The van der Waals surface area contributed by atoms with Gasteiger partial charge in [0.1, 0.15) is 5.69 Å². The Morgan fingerprint density at radius 3 is 2.57 bits per heavy atom. The minimum Gasteiger partial charge on any atom is -0.337 e. The fourth-order valence-corrected chi connectivity index (χ4v) is 2.85. The first-order chi connectivity index (χ1) is 11.0. The van der Waals surface area contributed by atoms with E-state index < -0.39 is 5.69 Å². The summed E-state index contributed by atoms with van der Waals surface area (Å²) < 4.78 is 0. The number of aromatic nitrogens is 2. The fourth-order valence-electron chi connectivity index (χ4n) is 2.72. The summed E-state index contributed by atoms with van der Waals surface area (Å²) in [6.07, 6.45) is 1.98. The number of H-pyrrole nitrogens is 1. The fraction of sp³-hybridized carbons (Fsp3) is 0.353. The van der Waals surface area contributed by atoms with Crippen LogP contribution in [0.3, 0.4) is 0 Å². The zero-order chi connectivity index (χ0) is 16.4. The van der Waals surface area contributed by atoms with Crippen molar-refractivity contribution in [1.29, 1.82) is 0 Å². The highest BCUT2D eigenvalue weighted by Gasteiger charge is 2.22. The number of hydrogen-bond donors (Lipinski definition) is 1. The van der Waals surface area contributed by atoms with Gasteiger partial charge < -0.3 is 9.88 Å². The van der Waals surface area contributed by atoms with Crippen LogP contribution in [-0.4, -0.2) is 33.9 Å². The van der Waals surface area contributed by atoms with E-state index in [1.165, 1.54) is 0 Å². The second-order valence-electron chi connectivity index (χ2n) is 5.97. The summed E-state index contributed by atoms with van der Waals surface area (Å²) in [7, 11) is 0. The molecule has 120 valence electrons. The van der Waals surface area contributed by atoms with Gasteiger partial charge in [-0.05, 0) is 37.0 Å². The number of benzene rings is 1. The molecule has 6 heteroatoms. The third kappa shape index (κ3) is 3.62. The highest BCUT2D eigenvalue weighted by Crippen LogP contribution is 2.21. The Hall–Kier alpha value is -2.14. The molecule has 0 unspecified atom stereocenters. The molecule has 0 bridgehead atoms. The number of carbonyl (C=O) groups excluding carboxylic acids is 1. The lowest BCUT2D eigenvalue weighted by Gasteiger charge is -2.30. The van der Waals surface area contributed by atoms with Gasteiger partial charge in [-0.25, -0.2) is 4.79 Å². The molecular formula is C17H18ClN3O2. The number of aromatic amines is 1. The van der Waals surface area contributed by atoms with E-state index in [4.69, 9.17) is 11.6 Å². The molecule has 2 heterocycles. The summed E-state index contributed by atoms with van der Waals surface area (Å²) in [5, 5.41) is 0.609. The maximum absolute atomic E-state index is 12.6. The molecule has 1 aliphatic rings. The van der Waals surface area contributed by atoms with Gasteiger partial charge in [-0.15, -0.1) is 0 Å². The van der Waals surface area contributed by atoms with E-state index in [1.807, 2.05) is 0 Å². The molecular weight excluding hydrogens is 314 g/mol. The van der Waals surface area contributed by atoms with Gasteiger partial charge in [0.25, 0.3) is 5.91 Å². The molecule has 1 fully saturated rings. The molecule has 1 amide bonds. The molecule has 0 saturated carbocycles. The number of likely N-dealkylation sites (tertiary alicyclic amines) is 1. The SMILES string of the molecule is CC1CCN(C(=O)c2cc(-c3ccc(Cl)cc3)nc(=O)[nH]2)CC1. The lowest BCUT2D eigenvalue weighted by molar-refractivity contribution is 0.0690. The third-order valence-corrected chi connectivity index (χ3v) is 4.44. The predicted molar refractivity (Wildman–Crippen MR) is 89.6 cm³/mol. The molecule has 1 N–H and O–H groups in total. The van der Waals surface area contributed by atoms with Gasteiger partial charge in [0, 0.05) is 23.7 Å². The number of carbonyl (C=O) groups is 1. The van der Waals surface area contributed by atoms with Crippen molar-refractivity contribution in [3.05, 3.63) is 51.5 Å². The van der Waals surface area contributed by atoms with Crippen molar-refractivity contribution in [3.63, 3.8) is 0 Å². The first kappa shape index (κ1) is 15.7. The van der Waals surface area contributed by atoms with E-state index in [2.05, 4.69) is 16.9 Å². The van der Waals surface area contributed by atoms with Crippen molar-refractivity contribution < 1.29 is 4.79 Å². The molecule has 0 radical (unpaired) electrons. The van der Waals surface area contributed by atoms with Crippen molar-refractivity contribution in [2.24, 2.45) is 5.92 Å². The van der Waals surface area contributed by atoms with Crippen LogP contribution in [0, 0.1) is 5.92 Å². The second kappa shape index (κ2) is 6.54. The Balaban J connectivity index is 1.90. The van der Waals surface area contributed by atoms with Gasteiger partial charge in [0.15, 0.2) is 0 Å². The highest BCUT2D eigenvalue weighted by atomic mass is 35.5. The van der Waals surface area contributed by atoms with E-state index in [0.717, 1.165) is 31.5 Å². The highest BCUT2D eigenvalue weighted by molar-refractivity contribution is 6.30. The Bertz CT molecular complexity index is 762. The zero-order valence-electron chi connectivity index (χ0n) is 12.9. The molecule has 1 aliphatic heterocycles. The number of amides is 1. The maximum Gasteiger partial charge on any atom is 0.346 e. The number of nitrogens with zero attached hydrogens (tertiary/aromatic N) is 2. The van der Waals surface area contributed by atoms with Gasteiger partial charge >= 0.3 is 5.69 Å². The van der Waals surface area contributed by atoms with Crippen LogP contribution in [0.4, 0.5) is 0 Å². The Morgan fingerprint density at radius 1 is 1.26 bits per heavy atom. The van der Waals surface area contributed by atoms with Crippen LogP contribution in [0.5, 0.6) is 0 Å². The van der Waals surface area contributed by atoms with Crippen molar-refractivity contribution in [2.75, 3.05) is 13.1 Å². The smallest absolute Gasteiger partial charge is 0.337 e. The number of nitrogens with one attached hydrogen (secondary N) is 1. The summed E-state index contributed by atoms with van der Waals surface area (Å²) in [5.41, 5.74) is 0.983. The number of piperidine rings is 1. The maximum atomic E-state index is 12.6. The second-order valence-corrected chi connectivity index (χ2v) is 6.40. The van der Waals surface area contributed by atoms with E-state index >= 15 is 0 Å². The van der Waals surface area contributed by atoms with Crippen molar-refractivity contribution in [1.82, 2.24) is 14.9 Å². The predicted octanol–water partition coefficient (Wildman–Crippen LogP) is 2.96. The molecule has 1 aromatic heterocycles. The van der Waals surface area contributed by atoms with Crippen LogP contribution in [0.25, 0.3) is 11.3 Å². The van der Waals surface area contributed by atoms with Crippen molar-refractivity contribution in [3.8, 4) is 11.3 Å². The molecule has 5 nitrogen and oxygen atoms in total. The van der Waals surface area contributed by atoms with Gasteiger partial charge in [0.2, 0.25) is 0 Å². The summed E-state index contributed by atoms with van der Waals surface area (Å²) in [4.78, 5) is 32.7. The monoisotopic (exact) mass is 331 g/mol. The average Bonchev–Trinajstić information content (AvgIpc) is 2.55. The molecule has 3 rings (SSSR count). The normalized spacial score (nSPS) is 15.7. The molecule has 23 heavy (non-hydrogen) atoms. The first-order valence-corrected chi connectivity index (χ1v) is 8.07. The van der Waals surface area contributed by atoms with Crippen LogP contribution in [-0.2, 0) is 0 Å². The van der Waals surface area contributed by atoms with Gasteiger partial charge in [-0.1, -0.05) is 30.7 Å². The van der Waals surface area contributed by atoms with Gasteiger partial charge in [0.05, 0.1) is 5.69 Å². The quantitative estimate of drug-likeness (QED) is 0.920. The Labute approximate surface area is 139 Å². The summed E-state index contributed by atoms with van der Waals surface area (Å²) in [6, 6.07) is 8.65. The van der Waals surface area contributed by atoms with Crippen molar-refractivity contribution in [2.45, 2.75) is 19.8 Å². The van der Waals surface area contributed by atoms with Crippen molar-refractivity contribution >= 4 is 17.5 Å². The molecule has 1 saturated heterocycles. The number of rotatable bonds is 2. The lowest BCUT2D eigenvalue weighted by Crippen LogP contribution is -2.39. The topological polar surface area (TPSA) is 66.1 Å². The first-order valence-electron chi connectivity index (χ1n) is 7.69. The molecule has 0 spiro atoms. The summed E-state index contributed by atoms with van der Waals surface area (Å²) >= 11 is 5.88. The minimum atomic E-state index is -0.522. The van der Waals surface area contributed by atoms with Crippen LogP contribution in [0.1, 0.15) is 30.3 Å². The molecule has 0 aliphatic carbocycles. The molecule has 0 atom stereocenters. The van der Waals surface area contributed by atoms with Crippen LogP contribution < -0.4 is 5.69 Å². The summed E-state index contributed by atoms with van der Waals surface area (Å²) in [5.74, 6) is 0.492. The largest absolute Gasteiger partial charge is 0.346 e. The van der Waals surface area contributed by atoms with Crippen LogP contribution in [0.15, 0.2) is 35.1 Å². The molecule has 1 aromatic carbocycles. The Morgan fingerprint density at radius 2 is 1.91 bits per heavy atom. The minimum absolute atomic E-state index is 0.147. The standard InChI is InChI=1S/C17H18ClN3O2/c1-11-6-8-21(9-7-11)16(22)15-10-14(19-17(23)20-15)12-2-4-13(18)5-3-12/h2-5,10-11H,6-9H2,1H3,(H,19,20,23). The van der Waals surface area contributed by atoms with E-state index in [0.29, 0.717) is 16.6 Å². The third-order valence-electron chi connectivity index (χ3n) is 4.19. The number of hydrogen-bond acceptors (Lipinski definition) is 3. The van der Waals surface area contributed by atoms with Crippen LogP contribution >= 0.6 is 11.6 Å². The zero-order valence-corrected chi connectivity index (χ0v) is 13.6. The van der Waals surface area contributed by atoms with E-state index in [9.17, 15) is 9.59 Å².